The molecule has 5 saturated carbocycles. The normalized spacial score (nSPS) is 44.2. The molecule has 6 rings (SSSR count). The summed E-state index contributed by atoms with van der Waals surface area (Å²) >= 11 is 0. The molecule has 5 aliphatic rings. The summed E-state index contributed by atoms with van der Waals surface area (Å²) in [7, 11) is 1.66. The molecule has 4 nitrogen and oxygen atoms in total. The quantitative estimate of drug-likeness (QED) is 0.200. The number of ether oxygens (including phenoxy) is 2. The van der Waals surface area contributed by atoms with Gasteiger partial charge in [0.2, 0.25) is 0 Å². The van der Waals surface area contributed by atoms with Crippen molar-refractivity contribution in [2.24, 2.45) is 56.7 Å². The molecule has 1 N–H and O–H groups in total. The minimum absolute atomic E-state index is 0.0179. The van der Waals surface area contributed by atoms with Crippen molar-refractivity contribution >= 4 is 12.0 Å². The fraction of sp³-hybridized carbons (Fsp3) is 0.725. The van der Waals surface area contributed by atoms with Gasteiger partial charge in [0.15, 0.2) is 0 Å². The number of aliphatic hydroxyl groups excluding tert-OH is 1. The second kappa shape index (κ2) is 11.0. The van der Waals surface area contributed by atoms with Crippen molar-refractivity contribution in [2.75, 3.05) is 13.7 Å². The van der Waals surface area contributed by atoms with Crippen LogP contribution in [0, 0.1) is 56.7 Å². The number of rotatable bonds is 6. The van der Waals surface area contributed by atoms with E-state index in [9.17, 15) is 9.90 Å². The van der Waals surface area contributed by atoms with Crippen LogP contribution in [0.2, 0.25) is 0 Å². The first-order valence-corrected chi connectivity index (χ1v) is 17.5. The van der Waals surface area contributed by atoms with Gasteiger partial charge in [-0.15, -0.1) is 0 Å². The number of carbonyl (C=O) groups is 1. The smallest absolute Gasteiger partial charge is 0.330 e. The Hall–Kier alpha value is -2.07. The molecule has 0 unspecified atom stereocenters. The molecular weight excluding hydrogens is 544 g/mol. The SMILES string of the molecule is C=C(C)[C@@H]1CC[C@]2(COC(=O)/C=C/c3ccc(OC)cc3)CC[C@]3(C)[C@@H](CC[C@@H]4[C@@]5(C)CC[C@H](O)C(C)(C)[C@@H]5CC[C@]43C)[C@H]12. The van der Waals surface area contributed by atoms with E-state index in [-0.39, 0.29) is 39.1 Å². The molecule has 5 fully saturated rings. The van der Waals surface area contributed by atoms with Crippen LogP contribution in [0.15, 0.2) is 42.5 Å². The van der Waals surface area contributed by atoms with Crippen molar-refractivity contribution in [3.8, 4) is 5.75 Å². The molecule has 5 aliphatic carbocycles. The van der Waals surface area contributed by atoms with E-state index in [1.807, 2.05) is 30.3 Å². The summed E-state index contributed by atoms with van der Waals surface area (Å²) in [4.78, 5) is 13.0. The summed E-state index contributed by atoms with van der Waals surface area (Å²) in [6, 6.07) is 7.72. The first kappa shape index (κ1) is 31.9. The number of benzene rings is 1. The highest BCUT2D eigenvalue weighted by atomic mass is 16.5. The van der Waals surface area contributed by atoms with Gasteiger partial charge in [0.05, 0.1) is 19.8 Å². The molecule has 0 heterocycles. The molecule has 0 spiro atoms. The van der Waals surface area contributed by atoms with E-state index < -0.39 is 0 Å². The molecule has 10 atom stereocenters. The van der Waals surface area contributed by atoms with Crippen molar-refractivity contribution in [2.45, 2.75) is 112 Å². The third-order valence-corrected chi connectivity index (χ3v) is 15.2. The number of hydrogen-bond acceptors (Lipinski definition) is 4. The first-order chi connectivity index (χ1) is 20.7. The highest BCUT2D eigenvalue weighted by Gasteiger charge is 2.71. The van der Waals surface area contributed by atoms with Gasteiger partial charge in [-0.25, -0.2) is 4.79 Å². The average Bonchev–Trinajstić information content (AvgIpc) is 3.38. The lowest BCUT2D eigenvalue weighted by atomic mass is 9.32. The van der Waals surface area contributed by atoms with Gasteiger partial charge < -0.3 is 14.6 Å². The monoisotopic (exact) mass is 602 g/mol. The summed E-state index contributed by atoms with van der Waals surface area (Å²) in [6.45, 7) is 19.9. The summed E-state index contributed by atoms with van der Waals surface area (Å²) in [5.41, 5.74) is 3.13. The van der Waals surface area contributed by atoms with Crippen LogP contribution in [0.1, 0.15) is 111 Å². The molecule has 0 aromatic heterocycles. The van der Waals surface area contributed by atoms with Gasteiger partial charge in [-0.3, -0.25) is 0 Å². The lowest BCUT2D eigenvalue weighted by molar-refractivity contribution is -0.249. The summed E-state index contributed by atoms with van der Waals surface area (Å²) in [5.74, 6) is 3.48. The Morgan fingerprint density at radius 2 is 1.64 bits per heavy atom. The zero-order valence-electron chi connectivity index (χ0n) is 28.6. The molecular formula is C40H58O4. The highest BCUT2D eigenvalue weighted by Crippen LogP contribution is 2.77. The van der Waals surface area contributed by atoms with Gasteiger partial charge in [-0.2, -0.15) is 0 Å². The van der Waals surface area contributed by atoms with Gasteiger partial charge in [-0.1, -0.05) is 58.9 Å². The first-order valence-electron chi connectivity index (χ1n) is 17.5. The zero-order chi connectivity index (χ0) is 31.7. The molecule has 1 aromatic carbocycles. The van der Waals surface area contributed by atoms with Crippen LogP contribution in [0.3, 0.4) is 0 Å². The van der Waals surface area contributed by atoms with Crippen molar-refractivity contribution in [1.29, 1.82) is 0 Å². The predicted octanol–water partition coefficient (Wildman–Crippen LogP) is 9.27. The fourth-order valence-electron chi connectivity index (χ4n) is 12.7. The van der Waals surface area contributed by atoms with Gasteiger partial charge in [-0.05, 0) is 146 Å². The Morgan fingerprint density at radius 1 is 0.909 bits per heavy atom. The number of aliphatic hydroxyl groups is 1. The second-order valence-corrected chi connectivity index (χ2v) is 17.1. The summed E-state index contributed by atoms with van der Waals surface area (Å²) < 4.78 is 11.4. The second-order valence-electron chi connectivity index (χ2n) is 17.1. The molecule has 0 bridgehead atoms. The van der Waals surface area contributed by atoms with Crippen LogP contribution in [-0.4, -0.2) is 30.9 Å². The Balaban J connectivity index is 1.25. The van der Waals surface area contributed by atoms with Gasteiger partial charge >= 0.3 is 5.97 Å². The lowest BCUT2D eigenvalue weighted by Gasteiger charge is -2.73. The third kappa shape index (κ3) is 4.66. The Labute approximate surface area is 267 Å². The average molecular weight is 603 g/mol. The van der Waals surface area contributed by atoms with E-state index in [0.717, 1.165) is 43.4 Å². The zero-order valence-corrected chi connectivity index (χ0v) is 28.6. The number of methoxy groups -OCH3 is 1. The lowest BCUT2D eigenvalue weighted by Crippen LogP contribution is -2.66. The molecule has 0 saturated heterocycles. The Kier molecular flexibility index (Phi) is 7.99. The molecule has 0 amide bonds. The summed E-state index contributed by atoms with van der Waals surface area (Å²) in [6.07, 6.45) is 15.0. The maximum absolute atomic E-state index is 13.0. The third-order valence-electron chi connectivity index (χ3n) is 15.2. The maximum Gasteiger partial charge on any atom is 0.330 e. The van der Waals surface area contributed by atoms with Crippen LogP contribution in [0.25, 0.3) is 6.08 Å². The Morgan fingerprint density at radius 3 is 2.32 bits per heavy atom. The topological polar surface area (TPSA) is 55.8 Å². The van der Waals surface area contributed by atoms with Gasteiger partial charge in [0.25, 0.3) is 0 Å². The number of allylic oxidation sites excluding steroid dienone is 1. The molecule has 44 heavy (non-hydrogen) atoms. The molecule has 0 aliphatic heterocycles. The molecule has 0 radical (unpaired) electrons. The van der Waals surface area contributed by atoms with E-state index in [1.165, 1.54) is 37.7 Å². The number of hydrogen-bond donors (Lipinski definition) is 1. The number of esters is 1. The van der Waals surface area contributed by atoms with Crippen LogP contribution >= 0.6 is 0 Å². The van der Waals surface area contributed by atoms with Gasteiger partial charge in [0, 0.05) is 11.5 Å². The van der Waals surface area contributed by atoms with E-state index in [2.05, 4.69) is 48.1 Å². The molecule has 242 valence electrons. The van der Waals surface area contributed by atoms with Crippen molar-refractivity contribution in [1.82, 2.24) is 0 Å². The van der Waals surface area contributed by atoms with Crippen LogP contribution in [0.4, 0.5) is 0 Å². The summed E-state index contributed by atoms with van der Waals surface area (Å²) in [5, 5.41) is 11.0. The predicted molar refractivity (Wildman–Crippen MR) is 178 cm³/mol. The Bertz CT molecular complexity index is 1290. The van der Waals surface area contributed by atoms with Crippen molar-refractivity contribution in [3.05, 3.63) is 48.1 Å². The van der Waals surface area contributed by atoms with Crippen molar-refractivity contribution in [3.63, 3.8) is 0 Å². The van der Waals surface area contributed by atoms with E-state index >= 15 is 0 Å². The van der Waals surface area contributed by atoms with E-state index in [4.69, 9.17) is 9.47 Å². The number of fused-ring (bicyclic) bond motifs is 7. The van der Waals surface area contributed by atoms with Gasteiger partial charge in [0.1, 0.15) is 5.75 Å². The minimum Gasteiger partial charge on any atom is -0.497 e. The molecule has 1 aromatic rings. The van der Waals surface area contributed by atoms with Crippen LogP contribution < -0.4 is 4.74 Å². The number of carbonyl (C=O) groups excluding carboxylic acids is 1. The largest absolute Gasteiger partial charge is 0.497 e. The van der Waals surface area contributed by atoms with E-state index in [1.54, 1.807) is 13.2 Å². The standard InChI is InChI=1S/C40H58O4/c1-26(2)29-17-22-40(25-44-34(42)16-11-27-9-12-28(43-8)13-10-27)24-23-38(6)30(35(29)40)14-15-32-37(5)20-19-33(41)36(3,4)31(37)18-21-39(32,38)7/h9-13,16,29-33,35,41H,1,14-15,17-25H2,2-8H3/b16-11+/t29-,30-,31-,32+,33-,35-,37-,38+,39+,40+/m0/s1. The maximum atomic E-state index is 13.0. The highest BCUT2D eigenvalue weighted by molar-refractivity contribution is 5.87. The fourth-order valence-corrected chi connectivity index (χ4v) is 12.7. The van der Waals surface area contributed by atoms with Crippen LogP contribution in [-0.2, 0) is 9.53 Å². The van der Waals surface area contributed by atoms with Crippen molar-refractivity contribution < 1.29 is 19.4 Å². The van der Waals surface area contributed by atoms with E-state index in [0.29, 0.717) is 36.2 Å². The minimum atomic E-state index is -0.245. The van der Waals surface area contributed by atoms with Crippen LogP contribution in [0.5, 0.6) is 5.75 Å². The molecule has 4 heteroatoms.